The van der Waals surface area contributed by atoms with Gasteiger partial charge >= 0.3 is 0 Å². The van der Waals surface area contributed by atoms with Crippen LogP contribution in [0.25, 0.3) is 0 Å². The summed E-state index contributed by atoms with van der Waals surface area (Å²) in [6.07, 6.45) is 2.87. The molecule has 0 saturated heterocycles. The van der Waals surface area contributed by atoms with E-state index >= 15 is 0 Å². The minimum atomic E-state index is 0.586. The third-order valence-corrected chi connectivity index (χ3v) is 3.63. The second-order valence-electron chi connectivity index (χ2n) is 6.34. The van der Waals surface area contributed by atoms with E-state index in [0.29, 0.717) is 5.41 Å². The van der Waals surface area contributed by atoms with Crippen LogP contribution in [0.1, 0.15) is 54.4 Å². The van der Waals surface area contributed by atoms with Crippen molar-refractivity contribution in [2.45, 2.75) is 54.4 Å². The van der Waals surface area contributed by atoms with Gasteiger partial charge in [-0.3, -0.25) is 0 Å². The van der Waals surface area contributed by atoms with Gasteiger partial charge < -0.3 is 0 Å². The Balaban J connectivity index is 2.44. The molecule has 0 nitrogen and oxygen atoms in total. The molecule has 13 heavy (non-hydrogen) atoms. The molecule has 0 aromatic rings. The third kappa shape index (κ3) is 2.72. The van der Waals surface area contributed by atoms with Gasteiger partial charge in [0.25, 0.3) is 0 Å². The lowest BCUT2D eigenvalue weighted by Gasteiger charge is -2.28. The summed E-state index contributed by atoms with van der Waals surface area (Å²) >= 11 is 0. The van der Waals surface area contributed by atoms with Gasteiger partial charge in [0, 0.05) is 0 Å². The van der Waals surface area contributed by atoms with E-state index in [-0.39, 0.29) is 0 Å². The van der Waals surface area contributed by atoms with E-state index in [2.05, 4.69) is 41.5 Å². The molecule has 0 amide bonds. The van der Waals surface area contributed by atoms with Gasteiger partial charge in [-0.2, -0.15) is 0 Å². The standard InChI is InChI=1S/C13H26/c1-9(2)8-13(5,6)12-7-11(12)10(3)4/h9-12H,7-8H2,1-6H3. The number of hydrogen-bond donors (Lipinski definition) is 0. The fourth-order valence-corrected chi connectivity index (χ4v) is 3.05. The second kappa shape index (κ2) is 3.63. The third-order valence-electron chi connectivity index (χ3n) is 3.63. The van der Waals surface area contributed by atoms with E-state index in [9.17, 15) is 0 Å². The summed E-state index contributed by atoms with van der Waals surface area (Å²) in [5.41, 5.74) is 0.586. The zero-order valence-electron chi connectivity index (χ0n) is 10.2. The molecule has 78 valence electrons. The van der Waals surface area contributed by atoms with E-state index in [0.717, 1.165) is 23.7 Å². The van der Waals surface area contributed by atoms with Gasteiger partial charge in [-0.25, -0.2) is 0 Å². The van der Waals surface area contributed by atoms with Crippen LogP contribution in [0.15, 0.2) is 0 Å². The van der Waals surface area contributed by atoms with Crippen LogP contribution in [-0.2, 0) is 0 Å². The van der Waals surface area contributed by atoms with Crippen molar-refractivity contribution >= 4 is 0 Å². The van der Waals surface area contributed by atoms with Crippen LogP contribution in [0.4, 0.5) is 0 Å². The summed E-state index contributed by atoms with van der Waals surface area (Å²) in [5, 5.41) is 0. The molecule has 0 spiro atoms. The molecule has 1 fully saturated rings. The topological polar surface area (TPSA) is 0 Å². The average molecular weight is 182 g/mol. The van der Waals surface area contributed by atoms with Gasteiger partial charge in [0.1, 0.15) is 0 Å². The molecule has 0 heterocycles. The van der Waals surface area contributed by atoms with Gasteiger partial charge in [0.05, 0.1) is 0 Å². The molecule has 0 N–H and O–H groups in total. The molecule has 0 aromatic carbocycles. The minimum Gasteiger partial charge on any atom is -0.0628 e. The quantitative estimate of drug-likeness (QED) is 0.606. The minimum absolute atomic E-state index is 0.586. The molecule has 2 unspecified atom stereocenters. The zero-order valence-corrected chi connectivity index (χ0v) is 10.2. The Labute approximate surface area is 84.1 Å². The van der Waals surface area contributed by atoms with Gasteiger partial charge in [-0.15, -0.1) is 0 Å². The maximum Gasteiger partial charge on any atom is -0.0321 e. The Kier molecular flexibility index (Phi) is 3.09. The molecule has 1 rings (SSSR count). The Hall–Kier alpha value is 0. The first-order chi connectivity index (χ1) is 5.84. The zero-order chi connectivity index (χ0) is 10.2. The van der Waals surface area contributed by atoms with Crippen LogP contribution >= 0.6 is 0 Å². The molecule has 0 bridgehead atoms. The number of rotatable bonds is 4. The molecular weight excluding hydrogens is 156 g/mol. The molecular formula is C13H26. The average Bonchev–Trinajstić information content (AvgIpc) is 2.59. The first kappa shape index (κ1) is 11.1. The lowest BCUT2D eigenvalue weighted by atomic mass is 9.78. The van der Waals surface area contributed by atoms with E-state index in [1.54, 1.807) is 0 Å². The van der Waals surface area contributed by atoms with Crippen LogP contribution in [0.5, 0.6) is 0 Å². The van der Waals surface area contributed by atoms with E-state index in [4.69, 9.17) is 0 Å². The molecule has 1 aliphatic rings. The highest BCUT2D eigenvalue weighted by molar-refractivity contribution is 4.97. The number of hydrogen-bond acceptors (Lipinski definition) is 0. The van der Waals surface area contributed by atoms with Gasteiger partial charge in [-0.05, 0) is 41.9 Å². The van der Waals surface area contributed by atoms with Crippen LogP contribution in [0.2, 0.25) is 0 Å². The van der Waals surface area contributed by atoms with Crippen molar-refractivity contribution in [3.05, 3.63) is 0 Å². The van der Waals surface area contributed by atoms with Crippen molar-refractivity contribution in [2.75, 3.05) is 0 Å². The molecule has 1 aliphatic carbocycles. The van der Waals surface area contributed by atoms with Crippen LogP contribution in [-0.4, -0.2) is 0 Å². The summed E-state index contributed by atoms with van der Waals surface area (Å²) in [7, 11) is 0. The Bertz CT molecular complexity index is 165. The lowest BCUT2D eigenvalue weighted by molar-refractivity contribution is 0.223. The van der Waals surface area contributed by atoms with Crippen molar-refractivity contribution in [3.8, 4) is 0 Å². The molecule has 0 heteroatoms. The molecule has 2 atom stereocenters. The monoisotopic (exact) mass is 182 g/mol. The first-order valence-corrected chi connectivity index (χ1v) is 5.84. The van der Waals surface area contributed by atoms with Gasteiger partial charge in [0.2, 0.25) is 0 Å². The van der Waals surface area contributed by atoms with E-state index in [1.165, 1.54) is 12.8 Å². The summed E-state index contributed by atoms with van der Waals surface area (Å²) < 4.78 is 0. The molecule has 0 aromatic heterocycles. The largest absolute Gasteiger partial charge is 0.0628 e. The van der Waals surface area contributed by atoms with Gasteiger partial charge in [-0.1, -0.05) is 41.5 Å². The summed E-state index contributed by atoms with van der Waals surface area (Å²) in [6.45, 7) is 14.3. The van der Waals surface area contributed by atoms with E-state index < -0.39 is 0 Å². The first-order valence-electron chi connectivity index (χ1n) is 5.84. The highest BCUT2D eigenvalue weighted by Crippen LogP contribution is 2.56. The summed E-state index contributed by atoms with van der Waals surface area (Å²) in [5.74, 6) is 3.78. The smallest absolute Gasteiger partial charge is 0.0321 e. The van der Waals surface area contributed by atoms with Crippen LogP contribution < -0.4 is 0 Å². The molecule has 0 radical (unpaired) electrons. The highest BCUT2D eigenvalue weighted by atomic mass is 14.5. The predicted molar refractivity (Wildman–Crippen MR) is 59.7 cm³/mol. The van der Waals surface area contributed by atoms with Crippen molar-refractivity contribution in [1.29, 1.82) is 0 Å². The second-order valence-corrected chi connectivity index (χ2v) is 6.34. The molecule has 0 aliphatic heterocycles. The van der Waals surface area contributed by atoms with Crippen LogP contribution in [0.3, 0.4) is 0 Å². The highest BCUT2D eigenvalue weighted by Gasteiger charge is 2.48. The fourth-order valence-electron chi connectivity index (χ4n) is 3.05. The Morgan fingerprint density at radius 1 is 1.15 bits per heavy atom. The van der Waals surface area contributed by atoms with Crippen molar-refractivity contribution in [2.24, 2.45) is 29.1 Å². The lowest BCUT2D eigenvalue weighted by Crippen LogP contribution is -2.19. The van der Waals surface area contributed by atoms with Crippen molar-refractivity contribution < 1.29 is 0 Å². The van der Waals surface area contributed by atoms with Crippen molar-refractivity contribution in [1.82, 2.24) is 0 Å². The SMILES string of the molecule is CC(C)CC(C)(C)C1CC1C(C)C. The predicted octanol–water partition coefficient (Wildman–Crippen LogP) is 4.35. The maximum atomic E-state index is 2.46. The maximum absolute atomic E-state index is 2.46. The molecule has 1 saturated carbocycles. The normalized spacial score (nSPS) is 28.6. The van der Waals surface area contributed by atoms with E-state index in [1.807, 2.05) is 0 Å². The van der Waals surface area contributed by atoms with Gasteiger partial charge in [0.15, 0.2) is 0 Å². The van der Waals surface area contributed by atoms with Crippen molar-refractivity contribution in [3.63, 3.8) is 0 Å². The summed E-state index contributed by atoms with van der Waals surface area (Å²) in [4.78, 5) is 0. The summed E-state index contributed by atoms with van der Waals surface area (Å²) in [6, 6.07) is 0. The fraction of sp³-hybridized carbons (Fsp3) is 1.00. The Morgan fingerprint density at radius 2 is 1.69 bits per heavy atom. The van der Waals surface area contributed by atoms with Crippen LogP contribution in [0, 0.1) is 29.1 Å². The Morgan fingerprint density at radius 3 is 2.00 bits per heavy atom.